The van der Waals surface area contributed by atoms with Crippen LogP contribution in [0.5, 0.6) is 0 Å². The van der Waals surface area contributed by atoms with Crippen molar-refractivity contribution in [1.82, 2.24) is 10.8 Å². The number of anilines is 1. The SMILES string of the molecule is Cl.O=C(/C=C/c1ccc(N[C@]2(CC3CCCCC3)CCNC2)cc1)NO. The van der Waals surface area contributed by atoms with Gasteiger partial charge in [0.1, 0.15) is 0 Å². The number of carbonyl (C=O) groups is 1. The van der Waals surface area contributed by atoms with Crippen molar-refractivity contribution >= 4 is 30.1 Å². The molecule has 1 aromatic rings. The summed E-state index contributed by atoms with van der Waals surface area (Å²) >= 11 is 0. The number of hydrogen-bond donors (Lipinski definition) is 4. The number of benzene rings is 1. The van der Waals surface area contributed by atoms with Crippen molar-refractivity contribution in [2.24, 2.45) is 5.92 Å². The zero-order valence-electron chi connectivity index (χ0n) is 15.2. The number of carbonyl (C=O) groups excluding carboxylic acids is 1. The van der Waals surface area contributed by atoms with Gasteiger partial charge in [-0.15, -0.1) is 12.4 Å². The Kier molecular flexibility index (Phi) is 7.94. The Bertz CT molecular complexity index is 592. The second kappa shape index (κ2) is 9.95. The molecule has 0 spiro atoms. The van der Waals surface area contributed by atoms with E-state index in [0.717, 1.165) is 30.3 Å². The standard InChI is InChI=1S/C20H29N3O2.ClH/c24-19(23-25)11-8-16-6-9-18(10-7-16)22-20(12-13-21-15-20)14-17-4-2-1-3-5-17;/h6-11,17,21-22,25H,1-5,12-15H2,(H,23,24);1H/b11-8+;/t20-;/m0./s1. The molecule has 144 valence electrons. The summed E-state index contributed by atoms with van der Waals surface area (Å²) in [5, 5.41) is 15.8. The van der Waals surface area contributed by atoms with Gasteiger partial charge in [0.2, 0.25) is 0 Å². The summed E-state index contributed by atoms with van der Waals surface area (Å²) in [7, 11) is 0. The number of halogens is 1. The van der Waals surface area contributed by atoms with Gasteiger partial charge in [-0.3, -0.25) is 10.0 Å². The summed E-state index contributed by atoms with van der Waals surface area (Å²) in [6, 6.07) is 8.11. The first kappa shape index (κ1) is 20.7. The predicted molar refractivity (Wildman–Crippen MR) is 108 cm³/mol. The molecular formula is C20H30ClN3O2. The lowest BCUT2D eigenvalue weighted by Crippen LogP contribution is -2.42. The first-order valence-electron chi connectivity index (χ1n) is 9.40. The number of rotatable bonds is 6. The molecule has 3 rings (SSSR count). The third-order valence-corrected chi connectivity index (χ3v) is 5.51. The van der Waals surface area contributed by atoms with Crippen LogP contribution in [-0.2, 0) is 4.79 Å². The monoisotopic (exact) mass is 379 g/mol. The highest BCUT2D eigenvalue weighted by Gasteiger charge is 2.36. The fourth-order valence-corrected chi connectivity index (χ4v) is 4.21. The first-order chi connectivity index (χ1) is 12.2. The highest BCUT2D eigenvalue weighted by Crippen LogP contribution is 2.35. The maximum absolute atomic E-state index is 11.0. The highest BCUT2D eigenvalue weighted by atomic mass is 35.5. The molecular weight excluding hydrogens is 350 g/mol. The summed E-state index contributed by atoms with van der Waals surface area (Å²) in [6.45, 7) is 2.11. The zero-order chi connectivity index (χ0) is 17.5. The summed E-state index contributed by atoms with van der Waals surface area (Å²) in [6.07, 6.45) is 12.3. The van der Waals surface area contributed by atoms with Gasteiger partial charge < -0.3 is 10.6 Å². The molecule has 6 heteroatoms. The summed E-state index contributed by atoms with van der Waals surface area (Å²) in [5.74, 6) is 0.325. The van der Waals surface area contributed by atoms with Crippen LogP contribution in [0.15, 0.2) is 30.3 Å². The van der Waals surface area contributed by atoms with E-state index in [0.29, 0.717) is 0 Å². The van der Waals surface area contributed by atoms with Crippen LogP contribution in [0, 0.1) is 5.92 Å². The van der Waals surface area contributed by atoms with E-state index in [1.54, 1.807) is 11.6 Å². The minimum Gasteiger partial charge on any atom is -0.378 e. The van der Waals surface area contributed by atoms with Crippen LogP contribution in [0.1, 0.15) is 50.5 Å². The van der Waals surface area contributed by atoms with Crippen LogP contribution in [0.2, 0.25) is 0 Å². The topological polar surface area (TPSA) is 73.4 Å². The lowest BCUT2D eigenvalue weighted by atomic mass is 9.78. The van der Waals surface area contributed by atoms with E-state index in [1.807, 2.05) is 12.1 Å². The average molecular weight is 380 g/mol. The Labute approximate surface area is 162 Å². The van der Waals surface area contributed by atoms with Crippen LogP contribution >= 0.6 is 12.4 Å². The van der Waals surface area contributed by atoms with E-state index < -0.39 is 5.91 Å². The van der Waals surface area contributed by atoms with Crippen molar-refractivity contribution in [3.8, 4) is 0 Å². The largest absolute Gasteiger partial charge is 0.378 e. The van der Waals surface area contributed by atoms with Crippen molar-refractivity contribution in [3.05, 3.63) is 35.9 Å². The van der Waals surface area contributed by atoms with Crippen molar-refractivity contribution < 1.29 is 10.0 Å². The molecule has 0 aromatic heterocycles. The molecule has 2 aliphatic rings. The maximum atomic E-state index is 11.0. The number of hydroxylamine groups is 1. The molecule has 1 aromatic carbocycles. The fraction of sp³-hybridized carbons (Fsp3) is 0.550. The van der Waals surface area contributed by atoms with Gasteiger partial charge in [0, 0.05) is 18.3 Å². The summed E-state index contributed by atoms with van der Waals surface area (Å²) < 4.78 is 0. The second-order valence-electron chi connectivity index (χ2n) is 7.47. The maximum Gasteiger partial charge on any atom is 0.267 e. The van der Waals surface area contributed by atoms with Gasteiger partial charge in [0.15, 0.2) is 0 Å². The van der Waals surface area contributed by atoms with Gasteiger partial charge in [0.25, 0.3) is 5.91 Å². The molecule has 2 fully saturated rings. The molecule has 0 unspecified atom stereocenters. The van der Waals surface area contributed by atoms with Crippen LogP contribution in [-0.4, -0.2) is 29.7 Å². The third-order valence-electron chi connectivity index (χ3n) is 5.51. The summed E-state index contributed by atoms with van der Waals surface area (Å²) in [4.78, 5) is 11.0. The second-order valence-corrected chi connectivity index (χ2v) is 7.47. The van der Waals surface area contributed by atoms with Gasteiger partial charge in [-0.05, 0) is 49.1 Å². The van der Waals surface area contributed by atoms with E-state index >= 15 is 0 Å². The van der Waals surface area contributed by atoms with Gasteiger partial charge in [-0.2, -0.15) is 0 Å². The molecule has 26 heavy (non-hydrogen) atoms. The molecule has 1 aliphatic heterocycles. The minimum atomic E-state index is -0.523. The normalized spacial score (nSPS) is 23.6. The number of amides is 1. The van der Waals surface area contributed by atoms with Crippen molar-refractivity contribution in [1.29, 1.82) is 0 Å². The first-order valence-corrected chi connectivity index (χ1v) is 9.40. The Balaban J connectivity index is 0.00000243. The average Bonchev–Trinajstić information content (AvgIpc) is 3.09. The molecule has 1 saturated carbocycles. The van der Waals surface area contributed by atoms with E-state index in [9.17, 15) is 4.79 Å². The quantitative estimate of drug-likeness (QED) is 0.345. The number of nitrogens with one attached hydrogen (secondary N) is 3. The van der Waals surface area contributed by atoms with E-state index in [-0.39, 0.29) is 17.9 Å². The van der Waals surface area contributed by atoms with Crippen LogP contribution in [0.3, 0.4) is 0 Å². The smallest absolute Gasteiger partial charge is 0.267 e. The van der Waals surface area contributed by atoms with Gasteiger partial charge in [-0.25, -0.2) is 5.48 Å². The Morgan fingerprint density at radius 3 is 2.58 bits per heavy atom. The van der Waals surface area contributed by atoms with E-state index in [4.69, 9.17) is 5.21 Å². The molecule has 0 radical (unpaired) electrons. The van der Waals surface area contributed by atoms with E-state index in [2.05, 4.69) is 22.8 Å². The van der Waals surface area contributed by atoms with Gasteiger partial charge in [-0.1, -0.05) is 44.2 Å². The third kappa shape index (κ3) is 5.73. The van der Waals surface area contributed by atoms with E-state index in [1.165, 1.54) is 51.0 Å². The van der Waals surface area contributed by atoms with Crippen molar-refractivity contribution in [3.63, 3.8) is 0 Å². The highest BCUT2D eigenvalue weighted by molar-refractivity contribution is 5.90. The molecule has 5 nitrogen and oxygen atoms in total. The van der Waals surface area contributed by atoms with Crippen LogP contribution < -0.4 is 16.1 Å². The van der Waals surface area contributed by atoms with Crippen molar-refractivity contribution in [2.45, 2.75) is 50.5 Å². The molecule has 4 N–H and O–H groups in total. The molecule has 1 amide bonds. The minimum absolute atomic E-state index is 0. The lowest BCUT2D eigenvalue weighted by molar-refractivity contribution is -0.124. The lowest BCUT2D eigenvalue weighted by Gasteiger charge is -2.36. The summed E-state index contributed by atoms with van der Waals surface area (Å²) in [5.41, 5.74) is 3.81. The molecule has 0 bridgehead atoms. The Morgan fingerprint density at radius 2 is 1.96 bits per heavy atom. The van der Waals surface area contributed by atoms with Crippen LogP contribution in [0.4, 0.5) is 5.69 Å². The fourth-order valence-electron chi connectivity index (χ4n) is 4.21. The van der Waals surface area contributed by atoms with Gasteiger partial charge >= 0.3 is 0 Å². The van der Waals surface area contributed by atoms with Crippen molar-refractivity contribution in [2.75, 3.05) is 18.4 Å². The molecule has 1 atom stereocenters. The van der Waals surface area contributed by atoms with Gasteiger partial charge in [0.05, 0.1) is 5.54 Å². The number of hydrogen-bond acceptors (Lipinski definition) is 4. The molecule has 1 aliphatic carbocycles. The van der Waals surface area contributed by atoms with Crippen LogP contribution in [0.25, 0.3) is 6.08 Å². The Hall–Kier alpha value is -1.56. The molecule has 1 saturated heterocycles. The zero-order valence-corrected chi connectivity index (χ0v) is 16.0. The molecule has 1 heterocycles. The Morgan fingerprint density at radius 1 is 1.23 bits per heavy atom. The predicted octanol–water partition coefficient (Wildman–Crippen LogP) is 3.74.